The van der Waals surface area contributed by atoms with Gasteiger partial charge in [-0.25, -0.2) is 0 Å². The molecule has 0 unspecified atom stereocenters. The van der Waals surface area contributed by atoms with Crippen molar-refractivity contribution in [3.05, 3.63) is 46.2 Å². The summed E-state index contributed by atoms with van der Waals surface area (Å²) in [6, 6.07) is 3.63. The smallest absolute Gasteiger partial charge is 0.138 e. The molecule has 0 spiro atoms. The van der Waals surface area contributed by atoms with Crippen molar-refractivity contribution in [1.82, 2.24) is 0 Å². The van der Waals surface area contributed by atoms with Gasteiger partial charge in [-0.3, -0.25) is 0 Å². The van der Waals surface area contributed by atoms with Crippen LogP contribution < -0.4 is 10.5 Å². The third kappa shape index (κ3) is 4.80. The first-order chi connectivity index (χ1) is 9.76. The zero-order valence-corrected chi connectivity index (χ0v) is 14.1. The van der Waals surface area contributed by atoms with Gasteiger partial charge in [-0.05, 0) is 57.0 Å². The summed E-state index contributed by atoms with van der Waals surface area (Å²) in [5, 5.41) is 0.576. The average Bonchev–Trinajstić information content (AvgIpc) is 2.39. The number of rotatable bonds is 6. The van der Waals surface area contributed by atoms with Gasteiger partial charge in [0, 0.05) is 11.6 Å². The Labute approximate surface area is 132 Å². The maximum atomic E-state index is 6.28. The quantitative estimate of drug-likeness (QED) is 0.628. The summed E-state index contributed by atoms with van der Waals surface area (Å²) in [6.07, 6.45) is 2.04. The van der Waals surface area contributed by atoms with Gasteiger partial charge in [0.2, 0.25) is 0 Å². The van der Waals surface area contributed by atoms with Crippen LogP contribution in [0, 0.1) is 6.92 Å². The molecular formula is C17H24ClNO2. The van der Waals surface area contributed by atoms with E-state index in [2.05, 4.69) is 6.58 Å². The molecule has 0 saturated carbocycles. The average molecular weight is 310 g/mol. The Morgan fingerprint density at radius 1 is 1.33 bits per heavy atom. The first-order valence-electron chi connectivity index (χ1n) is 6.93. The highest BCUT2D eigenvalue weighted by Crippen LogP contribution is 2.31. The van der Waals surface area contributed by atoms with Crippen LogP contribution in [0.1, 0.15) is 31.9 Å². The fourth-order valence-corrected chi connectivity index (χ4v) is 2.14. The monoisotopic (exact) mass is 309 g/mol. The highest BCUT2D eigenvalue weighted by molar-refractivity contribution is 6.32. The molecule has 1 rings (SSSR count). The van der Waals surface area contributed by atoms with E-state index >= 15 is 0 Å². The lowest BCUT2D eigenvalue weighted by Gasteiger charge is -2.16. The minimum absolute atomic E-state index is 0.0798. The van der Waals surface area contributed by atoms with E-state index in [4.69, 9.17) is 26.8 Å². The second kappa shape index (κ2) is 7.53. The van der Waals surface area contributed by atoms with Gasteiger partial charge >= 0.3 is 0 Å². The van der Waals surface area contributed by atoms with Gasteiger partial charge < -0.3 is 15.2 Å². The molecule has 1 aromatic carbocycles. The second-order valence-corrected chi connectivity index (χ2v) is 5.73. The number of benzene rings is 1. The lowest BCUT2D eigenvalue weighted by molar-refractivity contribution is 0.242. The van der Waals surface area contributed by atoms with E-state index in [1.54, 1.807) is 7.11 Å². The normalized spacial score (nSPS) is 13.2. The standard InChI is InChI=1S/C17H24ClNO2/c1-10(2)21-17-7-11(3)14(9-16(17)18)8-15(12(4)19)13(5)20-6/h7-10,12H,5,19H2,1-4,6H3/b15-8-/t12-/m0/s1. The van der Waals surface area contributed by atoms with Gasteiger partial charge in [-0.2, -0.15) is 0 Å². The zero-order chi connectivity index (χ0) is 16.2. The molecule has 4 heteroatoms. The van der Waals surface area contributed by atoms with Gasteiger partial charge in [-0.15, -0.1) is 0 Å². The molecule has 0 amide bonds. The molecular weight excluding hydrogens is 286 g/mol. The van der Waals surface area contributed by atoms with Gasteiger partial charge in [-0.1, -0.05) is 18.2 Å². The van der Waals surface area contributed by atoms with Crippen molar-refractivity contribution in [2.24, 2.45) is 5.73 Å². The van der Waals surface area contributed by atoms with Crippen LogP contribution in [0.5, 0.6) is 5.75 Å². The molecule has 0 aliphatic heterocycles. The highest BCUT2D eigenvalue weighted by Gasteiger charge is 2.12. The molecule has 0 heterocycles. The minimum Gasteiger partial charge on any atom is -0.497 e. The summed E-state index contributed by atoms with van der Waals surface area (Å²) in [5.41, 5.74) is 8.85. The van der Waals surface area contributed by atoms with Crippen molar-refractivity contribution >= 4 is 17.7 Å². The number of aryl methyl sites for hydroxylation is 1. The number of methoxy groups -OCH3 is 1. The number of hydrogen-bond donors (Lipinski definition) is 1. The van der Waals surface area contributed by atoms with Crippen LogP contribution in [0.25, 0.3) is 6.08 Å². The predicted octanol–water partition coefficient (Wildman–Crippen LogP) is 4.33. The Morgan fingerprint density at radius 3 is 2.43 bits per heavy atom. The third-order valence-corrected chi connectivity index (χ3v) is 3.35. The SMILES string of the molecule is C=C(OC)/C(=C\c1cc(Cl)c(OC(C)C)cc1C)[C@H](C)N. The summed E-state index contributed by atoms with van der Waals surface area (Å²) in [6.45, 7) is 11.7. The molecule has 0 bridgehead atoms. The Balaban J connectivity index is 3.25. The Morgan fingerprint density at radius 2 is 1.95 bits per heavy atom. The molecule has 0 aliphatic rings. The largest absolute Gasteiger partial charge is 0.497 e. The van der Waals surface area contributed by atoms with Crippen molar-refractivity contribution in [1.29, 1.82) is 0 Å². The Kier molecular flexibility index (Phi) is 6.31. The topological polar surface area (TPSA) is 44.5 Å². The number of halogens is 1. The van der Waals surface area contributed by atoms with Gasteiger partial charge in [0.15, 0.2) is 0 Å². The van der Waals surface area contributed by atoms with Crippen LogP contribution in [-0.4, -0.2) is 19.3 Å². The first kappa shape index (κ1) is 17.6. The van der Waals surface area contributed by atoms with Crippen molar-refractivity contribution < 1.29 is 9.47 Å². The van der Waals surface area contributed by atoms with E-state index in [1.165, 1.54) is 0 Å². The summed E-state index contributed by atoms with van der Waals surface area (Å²) in [7, 11) is 1.58. The van der Waals surface area contributed by atoms with E-state index in [-0.39, 0.29) is 12.1 Å². The van der Waals surface area contributed by atoms with E-state index in [1.807, 2.05) is 45.9 Å². The fourth-order valence-electron chi connectivity index (χ4n) is 1.92. The summed E-state index contributed by atoms with van der Waals surface area (Å²) in [4.78, 5) is 0. The molecule has 21 heavy (non-hydrogen) atoms. The lowest BCUT2D eigenvalue weighted by Crippen LogP contribution is -2.19. The third-order valence-electron chi connectivity index (χ3n) is 3.05. The molecule has 0 aliphatic carbocycles. The van der Waals surface area contributed by atoms with Crippen LogP contribution >= 0.6 is 11.6 Å². The van der Waals surface area contributed by atoms with Gasteiger partial charge in [0.1, 0.15) is 11.5 Å². The Bertz CT molecular complexity index is 548. The van der Waals surface area contributed by atoms with Crippen molar-refractivity contribution in [2.45, 2.75) is 39.8 Å². The van der Waals surface area contributed by atoms with E-state index < -0.39 is 0 Å². The number of ether oxygens (including phenoxy) is 2. The molecule has 3 nitrogen and oxygen atoms in total. The highest BCUT2D eigenvalue weighted by atomic mass is 35.5. The maximum Gasteiger partial charge on any atom is 0.138 e. The maximum absolute atomic E-state index is 6.28. The number of hydrogen-bond acceptors (Lipinski definition) is 3. The van der Waals surface area contributed by atoms with E-state index in [9.17, 15) is 0 Å². The molecule has 1 aromatic rings. The zero-order valence-electron chi connectivity index (χ0n) is 13.4. The van der Waals surface area contributed by atoms with Crippen molar-refractivity contribution in [2.75, 3.05) is 7.11 Å². The van der Waals surface area contributed by atoms with Crippen LogP contribution in [-0.2, 0) is 4.74 Å². The second-order valence-electron chi connectivity index (χ2n) is 5.32. The molecule has 0 saturated heterocycles. The first-order valence-corrected chi connectivity index (χ1v) is 7.31. The van der Waals surface area contributed by atoms with E-state index in [0.29, 0.717) is 16.5 Å². The number of nitrogens with two attached hydrogens (primary N) is 1. The van der Waals surface area contributed by atoms with Crippen LogP contribution in [0.3, 0.4) is 0 Å². The van der Waals surface area contributed by atoms with Gasteiger partial charge in [0.25, 0.3) is 0 Å². The fraction of sp³-hybridized carbons (Fsp3) is 0.412. The summed E-state index contributed by atoms with van der Waals surface area (Å²) in [5.74, 6) is 1.25. The Hall–Kier alpha value is -1.45. The van der Waals surface area contributed by atoms with E-state index in [0.717, 1.165) is 16.7 Å². The molecule has 2 N–H and O–H groups in total. The molecule has 0 aromatic heterocycles. The van der Waals surface area contributed by atoms with Crippen LogP contribution in [0.2, 0.25) is 5.02 Å². The predicted molar refractivity (Wildman–Crippen MR) is 89.7 cm³/mol. The van der Waals surface area contributed by atoms with Crippen LogP contribution in [0.15, 0.2) is 30.0 Å². The minimum atomic E-state index is -0.179. The van der Waals surface area contributed by atoms with Crippen LogP contribution in [0.4, 0.5) is 0 Å². The summed E-state index contributed by atoms with van der Waals surface area (Å²) < 4.78 is 10.9. The van der Waals surface area contributed by atoms with Crippen molar-refractivity contribution in [3.8, 4) is 5.75 Å². The molecule has 116 valence electrons. The molecule has 0 fully saturated rings. The molecule has 0 radical (unpaired) electrons. The summed E-state index contributed by atoms with van der Waals surface area (Å²) >= 11 is 6.28. The van der Waals surface area contributed by atoms with Gasteiger partial charge in [0.05, 0.1) is 18.2 Å². The van der Waals surface area contributed by atoms with Crippen molar-refractivity contribution in [3.63, 3.8) is 0 Å². The lowest BCUT2D eigenvalue weighted by atomic mass is 10.0. The molecule has 1 atom stereocenters.